The van der Waals surface area contributed by atoms with E-state index in [1.165, 1.54) is 83.5 Å². The fraction of sp³-hybridized carbons (Fsp3) is 0.760. The summed E-state index contributed by atoms with van der Waals surface area (Å²) in [6, 6.07) is 0. The monoisotopic (exact) mass is 408 g/mol. The van der Waals surface area contributed by atoms with Gasteiger partial charge >= 0.3 is 11.9 Å². The van der Waals surface area contributed by atoms with Crippen molar-refractivity contribution in [1.29, 1.82) is 0 Å². The van der Waals surface area contributed by atoms with Gasteiger partial charge in [-0.2, -0.15) is 0 Å². The van der Waals surface area contributed by atoms with Crippen LogP contribution in [0.1, 0.15) is 122 Å². The van der Waals surface area contributed by atoms with E-state index in [0.717, 1.165) is 12.8 Å². The quantitative estimate of drug-likeness (QED) is 0.0913. The number of esters is 1. The SMILES string of the molecule is C=CC/C(=C\CCCCCCCCCCCCCCCC)OC(=O)CCC(=O)O. The van der Waals surface area contributed by atoms with Crippen LogP contribution in [0.15, 0.2) is 24.5 Å². The number of hydrogen-bond donors (Lipinski definition) is 1. The van der Waals surface area contributed by atoms with E-state index in [2.05, 4.69) is 13.5 Å². The molecule has 29 heavy (non-hydrogen) atoms. The number of rotatable bonds is 21. The van der Waals surface area contributed by atoms with Crippen LogP contribution < -0.4 is 0 Å². The van der Waals surface area contributed by atoms with Crippen LogP contribution >= 0.6 is 0 Å². The molecule has 0 aliphatic rings. The molecule has 4 heteroatoms. The summed E-state index contributed by atoms with van der Waals surface area (Å²) in [5, 5.41) is 8.61. The molecule has 0 radical (unpaired) electrons. The molecule has 0 amide bonds. The summed E-state index contributed by atoms with van der Waals surface area (Å²) >= 11 is 0. The smallest absolute Gasteiger partial charge is 0.311 e. The number of carboxylic acids is 1. The van der Waals surface area contributed by atoms with Crippen LogP contribution in [0.4, 0.5) is 0 Å². The lowest BCUT2D eigenvalue weighted by Crippen LogP contribution is -2.07. The van der Waals surface area contributed by atoms with Gasteiger partial charge in [0.15, 0.2) is 0 Å². The average Bonchev–Trinajstić information content (AvgIpc) is 2.69. The lowest BCUT2D eigenvalue weighted by molar-refractivity contribution is -0.145. The molecule has 0 saturated heterocycles. The Labute approximate surface area is 178 Å². The highest BCUT2D eigenvalue weighted by atomic mass is 16.5. The van der Waals surface area contributed by atoms with E-state index in [0.29, 0.717) is 12.2 Å². The molecule has 0 atom stereocenters. The molecular formula is C25H44O4. The summed E-state index contributed by atoms with van der Waals surface area (Å²) in [6.07, 6.45) is 23.4. The number of carbonyl (C=O) groups excluding carboxylic acids is 1. The van der Waals surface area contributed by atoms with E-state index in [-0.39, 0.29) is 12.8 Å². The number of aliphatic carboxylic acids is 1. The molecule has 0 aromatic carbocycles. The van der Waals surface area contributed by atoms with E-state index in [1.807, 2.05) is 6.08 Å². The molecule has 0 heterocycles. The fourth-order valence-corrected chi connectivity index (χ4v) is 3.32. The van der Waals surface area contributed by atoms with E-state index in [4.69, 9.17) is 9.84 Å². The predicted octanol–water partition coefficient (Wildman–Crippen LogP) is 7.73. The van der Waals surface area contributed by atoms with Gasteiger partial charge in [0.2, 0.25) is 0 Å². The van der Waals surface area contributed by atoms with Gasteiger partial charge in [0.05, 0.1) is 12.8 Å². The number of carbonyl (C=O) groups is 2. The molecule has 1 N–H and O–H groups in total. The molecule has 168 valence electrons. The molecule has 0 aromatic heterocycles. The van der Waals surface area contributed by atoms with Gasteiger partial charge in [-0.15, -0.1) is 6.58 Å². The third-order valence-corrected chi connectivity index (χ3v) is 5.06. The summed E-state index contributed by atoms with van der Waals surface area (Å²) in [4.78, 5) is 22.1. The minimum absolute atomic E-state index is 0.0946. The zero-order valence-electron chi connectivity index (χ0n) is 18.8. The van der Waals surface area contributed by atoms with Crippen molar-refractivity contribution in [3.05, 3.63) is 24.5 Å². The van der Waals surface area contributed by atoms with Crippen molar-refractivity contribution in [2.45, 2.75) is 122 Å². The summed E-state index contributed by atoms with van der Waals surface area (Å²) in [6.45, 7) is 5.94. The maximum atomic E-state index is 11.6. The molecule has 0 saturated carbocycles. The van der Waals surface area contributed by atoms with Crippen molar-refractivity contribution in [2.75, 3.05) is 0 Å². The molecule has 0 aliphatic carbocycles. The third kappa shape index (κ3) is 21.0. The zero-order valence-corrected chi connectivity index (χ0v) is 18.8. The summed E-state index contributed by atoms with van der Waals surface area (Å²) < 4.78 is 5.25. The summed E-state index contributed by atoms with van der Waals surface area (Å²) in [5.41, 5.74) is 0. The average molecular weight is 409 g/mol. The van der Waals surface area contributed by atoms with E-state index < -0.39 is 11.9 Å². The zero-order chi connectivity index (χ0) is 21.6. The minimum atomic E-state index is -0.987. The Morgan fingerprint density at radius 3 is 1.72 bits per heavy atom. The topological polar surface area (TPSA) is 63.6 Å². The van der Waals surface area contributed by atoms with Crippen molar-refractivity contribution in [3.63, 3.8) is 0 Å². The van der Waals surface area contributed by atoms with Gasteiger partial charge in [-0.05, 0) is 18.9 Å². The van der Waals surface area contributed by atoms with E-state index >= 15 is 0 Å². The second-order valence-electron chi connectivity index (χ2n) is 7.92. The first-order valence-corrected chi connectivity index (χ1v) is 11.8. The van der Waals surface area contributed by atoms with Gasteiger partial charge in [0, 0.05) is 6.42 Å². The van der Waals surface area contributed by atoms with Crippen LogP contribution in [0.5, 0.6) is 0 Å². The highest BCUT2D eigenvalue weighted by molar-refractivity contribution is 5.77. The summed E-state index contributed by atoms with van der Waals surface area (Å²) in [5.74, 6) is -0.884. The number of carboxylic acid groups (broad SMARTS) is 1. The highest BCUT2D eigenvalue weighted by Crippen LogP contribution is 2.15. The molecular weight excluding hydrogens is 364 g/mol. The van der Waals surface area contributed by atoms with E-state index in [1.54, 1.807) is 6.08 Å². The standard InChI is InChI=1S/C25H44O4/c1-3-5-6-7-8-9-10-11-12-13-14-15-16-17-18-20-23(19-4-2)29-25(28)22-21-24(26)27/h4,20H,2-3,5-19,21-22H2,1H3,(H,26,27)/b23-20+. The van der Waals surface area contributed by atoms with Crippen LogP contribution in [0.2, 0.25) is 0 Å². The van der Waals surface area contributed by atoms with Crippen LogP contribution in [-0.4, -0.2) is 17.0 Å². The Balaban J connectivity index is 3.60. The first kappa shape index (κ1) is 27.4. The van der Waals surface area contributed by atoms with Gasteiger partial charge in [-0.25, -0.2) is 0 Å². The van der Waals surface area contributed by atoms with Crippen LogP contribution in [0.3, 0.4) is 0 Å². The van der Waals surface area contributed by atoms with Crippen LogP contribution in [0.25, 0.3) is 0 Å². The number of ether oxygens (including phenoxy) is 1. The Hall–Kier alpha value is -1.58. The second-order valence-corrected chi connectivity index (χ2v) is 7.92. The Kier molecular flexibility index (Phi) is 20.0. The number of allylic oxidation sites excluding steroid dienone is 2. The lowest BCUT2D eigenvalue weighted by Gasteiger charge is -2.07. The second kappa shape index (κ2) is 21.1. The van der Waals surface area contributed by atoms with Crippen molar-refractivity contribution in [1.82, 2.24) is 0 Å². The first-order valence-electron chi connectivity index (χ1n) is 11.8. The highest BCUT2D eigenvalue weighted by Gasteiger charge is 2.08. The lowest BCUT2D eigenvalue weighted by atomic mass is 10.0. The van der Waals surface area contributed by atoms with Crippen molar-refractivity contribution >= 4 is 11.9 Å². The molecule has 0 spiro atoms. The van der Waals surface area contributed by atoms with Crippen molar-refractivity contribution < 1.29 is 19.4 Å². The Morgan fingerprint density at radius 2 is 1.28 bits per heavy atom. The first-order chi connectivity index (χ1) is 14.1. The third-order valence-electron chi connectivity index (χ3n) is 5.06. The largest absolute Gasteiger partial charge is 0.481 e. The Morgan fingerprint density at radius 1 is 0.793 bits per heavy atom. The molecule has 0 aliphatic heterocycles. The molecule has 0 bridgehead atoms. The Bertz CT molecular complexity index is 454. The summed E-state index contributed by atoms with van der Waals surface area (Å²) in [7, 11) is 0. The van der Waals surface area contributed by atoms with Crippen LogP contribution in [-0.2, 0) is 14.3 Å². The van der Waals surface area contributed by atoms with Crippen molar-refractivity contribution in [2.24, 2.45) is 0 Å². The van der Waals surface area contributed by atoms with Crippen LogP contribution in [0, 0.1) is 0 Å². The van der Waals surface area contributed by atoms with Gasteiger partial charge in [-0.3, -0.25) is 9.59 Å². The number of unbranched alkanes of at least 4 members (excludes halogenated alkanes) is 14. The normalized spacial score (nSPS) is 11.4. The number of hydrogen-bond acceptors (Lipinski definition) is 3. The van der Waals surface area contributed by atoms with Crippen molar-refractivity contribution in [3.8, 4) is 0 Å². The molecule has 0 unspecified atom stereocenters. The van der Waals surface area contributed by atoms with Gasteiger partial charge in [0.1, 0.15) is 5.76 Å². The fourth-order valence-electron chi connectivity index (χ4n) is 3.32. The molecule has 0 aromatic rings. The van der Waals surface area contributed by atoms with Gasteiger partial charge < -0.3 is 9.84 Å². The molecule has 0 fully saturated rings. The predicted molar refractivity (Wildman–Crippen MR) is 121 cm³/mol. The maximum Gasteiger partial charge on any atom is 0.311 e. The molecule has 0 rings (SSSR count). The molecule has 4 nitrogen and oxygen atoms in total. The maximum absolute atomic E-state index is 11.6. The van der Waals surface area contributed by atoms with Gasteiger partial charge in [0.25, 0.3) is 0 Å². The minimum Gasteiger partial charge on any atom is -0.481 e. The van der Waals surface area contributed by atoms with Gasteiger partial charge in [-0.1, -0.05) is 96.5 Å². The van der Waals surface area contributed by atoms with E-state index in [9.17, 15) is 9.59 Å².